The van der Waals surface area contributed by atoms with E-state index in [2.05, 4.69) is 17.2 Å². The van der Waals surface area contributed by atoms with Crippen molar-refractivity contribution in [3.8, 4) is 0 Å². The van der Waals surface area contributed by atoms with Gasteiger partial charge in [0.1, 0.15) is 0 Å². The van der Waals surface area contributed by atoms with E-state index in [1.807, 2.05) is 37.3 Å². The zero-order valence-corrected chi connectivity index (χ0v) is 12.1. The van der Waals surface area contributed by atoms with E-state index in [4.69, 9.17) is 0 Å². The Kier molecular flexibility index (Phi) is 4.57. The number of aliphatic hydroxyl groups is 1. The van der Waals surface area contributed by atoms with Gasteiger partial charge in [0.15, 0.2) is 0 Å². The molecule has 0 saturated carbocycles. The zero-order chi connectivity index (χ0) is 14.6. The standard InChI is InChI=1S/C16H22N2O2/c1-3-8-16(2,11-19)17-10-13-9-12-6-4-5-7-14(12)18-15(13)20/h4-7,9,17,19H,3,8,10-11H2,1-2H3,(H,18,20). The van der Waals surface area contributed by atoms with Crippen LogP contribution in [0.2, 0.25) is 0 Å². The first-order valence-corrected chi connectivity index (χ1v) is 7.05. The van der Waals surface area contributed by atoms with Crippen molar-refractivity contribution < 1.29 is 5.11 Å². The number of benzene rings is 1. The normalized spacial score (nSPS) is 14.3. The van der Waals surface area contributed by atoms with E-state index >= 15 is 0 Å². The summed E-state index contributed by atoms with van der Waals surface area (Å²) in [6, 6.07) is 9.63. The Morgan fingerprint density at radius 1 is 1.35 bits per heavy atom. The van der Waals surface area contributed by atoms with E-state index in [9.17, 15) is 9.90 Å². The van der Waals surface area contributed by atoms with Crippen LogP contribution in [0.5, 0.6) is 0 Å². The molecule has 20 heavy (non-hydrogen) atoms. The molecule has 108 valence electrons. The van der Waals surface area contributed by atoms with Crippen molar-refractivity contribution in [1.29, 1.82) is 0 Å². The fourth-order valence-corrected chi connectivity index (χ4v) is 2.41. The SMILES string of the molecule is CCCC(C)(CO)NCc1cc2ccccc2[nH]c1=O. The number of para-hydroxylation sites is 1. The summed E-state index contributed by atoms with van der Waals surface area (Å²) in [4.78, 5) is 14.9. The predicted molar refractivity (Wildman–Crippen MR) is 81.8 cm³/mol. The topological polar surface area (TPSA) is 65.1 Å². The number of aromatic amines is 1. The van der Waals surface area contributed by atoms with Gasteiger partial charge in [-0.2, -0.15) is 0 Å². The van der Waals surface area contributed by atoms with Gasteiger partial charge < -0.3 is 15.4 Å². The van der Waals surface area contributed by atoms with Crippen molar-refractivity contribution in [2.24, 2.45) is 0 Å². The molecule has 4 nitrogen and oxygen atoms in total. The number of pyridine rings is 1. The second-order valence-electron chi connectivity index (χ2n) is 5.53. The molecule has 0 radical (unpaired) electrons. The van der Waals surface area contributed by atoms with Gasteiger partial charge in [-0.1, -0.05) is 31.5 Å². The average Bonchev–Trinajstić information content (AvgIpc) is 2.45. The smallest absolute Gasteiger partial charge is 0.252 e. The van der Waals surface area contributed by atoms with Gasteiger partial charge in [-0.3, -0.25) is 4.79 Å². The molecule has 0 aliphatic heterocycles. The summed E-state index contributed by atoms with van der Waals surface area (Å²) in [7, 11) is 0. The molecule has 0 aliphatic rings. The van der Waals surface area contributed by atoms with Crippen LogP contribution in [0, 0.1) is 0 Å². The third-order valence-corrected chi connectivity index (χ3v) is 3.69. The highest BCUT2D eigenvalue weighted by molar-refractivity contribution is 5.78. The molecule has 0 fully saturated rings. The quantitative estimate of drug-likeness (QED) is 0.756. The van der Waals surface area contributed by atoms with Crippen LogP contribution in [0.1, 0.15) is 32.3 Å². The minimum absolute atomic E-state index is 0.0618. The molecule has 1 atom stereocenters. The van der Waals surface area contributed by atoms with Crippen LogP contribution in [-0.2, 0) is 6.54 Å². The van der Waals surface area contributed by atoms with Crippen molar-refractivity contribution >= 4 is 10.9 Å². The van der Waals surface area contributed by atoms with E-state index in [-0.39, 0.29) is 17.7 Å². The van der Waals surface area contributed by atoms with E-state index in [0.717, 1.165) is 23.7 Å². The van der Waals surface area contributed by atoms with Gasteiger partial charge in [0.05, 0.1) is 6.61 Å². The largest absolute Gasteiger partial charge is 0.394 e. The van der Waals surface area contributed by atoms with Crippen LogP contribution in [-0.4, -0.2) is 22.2 Å². The van der Waals surface area contributed by atoms with Gasteiger partial charge in [-0.15, -0.1) is 0 Å². The summed E-state index contributed by atoms with van der Waals surface area (Å²) in [6.07, 6.45) is 1.85. The van der Waals surface area contributed by atoms with Crippen LogP contribution in [0.25, 0.3) is 10.9 Å². The number of nitrogens with one attached hydrogen (secondary N) is 2. The molecular weight excluding hydrogens is 252 g/mol. The van der Waals surface area contributed by atoms with Gasteiger partial charge in [0.25, 0.3) is 5.56 Å². The van der Waals surface area contributed by atoms with Crippen LogP contribution in [0.3, 0.4) is 0 Å². The third-order valence-electron chi connectivity index (χ3n) is 3.69. The monoisotopic (exact) mass is 274 g/mol. The first kappa shape index (κ1) is 14.8. The van der Waals surface area contributed by atoms with Crippen molar-refractivity contribution in [3.05, 3.63) is 46.2 Å². The Morgan fingerprint density at radius 3 is 2.80 bits per heavy atom. The zero-order valence-electron chi connectivity index (χ0n) is 12.1. The molecule has 1 aromatic heterocycles. The van der Waals surface area contributed by atoms with Crippen molar-refractivity contribution in [2.75, 3.05) is 6.61 Å². The van der Waals surface area contributed by atoms with E-state index < -0.39 is 0 Å². The van der Waals surface area contributed by atoms with Gasteiger partial charge >= 0.3 is 0 Å². The Morgan fingerprint density at radius 2 is 2.10 bits per heavy atom. The lowest BCUT2D eigenvalue weighted by atomic mass is 9.97. The number of fused-ring (bicyclic) bond motifs is 1. The van der Waals surface area contributed by atoms with Gasteiger partial charge in [0, 0.05) is 23.2 Å². The number of aromatic nitrogens is 1. The second-order valence-corrected chi connectivity index (χ2v) is 5.53. The van der Waals surface area contributed by atoms with Crippen LogP contribution >= 0.6 is 0 Å². The summed E-state index contributed by atoms with van der Waals surface area (Å²) in [5.74, 6) is 0. The molecule has 0 amide bonds. The molecule has 0 spiro atoms. The van der Waals surface area contributed by atoms with Gasteiger partial charge in [0.2, 0.25) is 0 Å². The van der Waals surface area contributed by atoms with Crippen molar-refractivity contribution in [3.63, 3.8) is 0 Å². The lowest BCUT2D eigenvalue weighted by molar-refractivity contribution is 0.163. The van der Waals surface area contributed by atoms with Crippen LogP contribution in [0.15, 0.2) is 35.1 Å². The van der Waals surface area contributed by atoms with Gasteiger partial charge in [-0.25, -0.2) is 0 Å². The number of H-pyrrole nitrogens is 1. The fourth-order valence-electron chi connectivity index (χ4n) is 2.41. The lowest BCUT2D eigenvalue weighted by Gasteiger charge is -2.28. The molecule has 0 saturated heterocycles. The number of rotatable bonds is 6. The highest BCUT2D eigenvalue weighted by Gasteiger charge is 2.21. The molecule has 1 unspecified atom stereocenters. The van der Waals surface area contributed by atoms with Crippen molar-refractivity contribution in [1.82, 2.24) is 10.3 Å². The maximum Gasteiger partial charge on any atom is 0.252 e. The second kappa shape index (κ2) is 6.20. The highest BCUT2D eigenvalue weighted by atomic mass is 16.3. The number of aliphatic hydroxyl groups excluding tert-OH is 1. The maximum absolute atomic E-state index is 12.0. The van der Waals surface area contributed by atoms with Crippen molar-refractivity contribution in [2.45, 2.75) is 38.8 Å². The minimum Gasteiger partial charge on any atom is -0.394 e. The predicted octanol–water partition coefficient (Wildman–Crippen LogP) is 2.17. The summed E-state index contributed by atoms with van der Waals surface area (Å²) < 4.78 is 0. The molecule has 1 aromatic carbocycles. The fraction of sp³-hybridized carbons (Fsp3) is 0.438. The maximum atomic E-state index is 12.0. The Labute approximate surface area is 118 Å². The third kappa shape index (κ3) is 3.26. The average molecular weight is 274 g/mol. The summed E-state index contributed by atoms with van der Waals surface area (Å²) >= 11 is 0. The minimum atomic E-state index is -0.340. The summed E-state index contributed by atoms with van der Waals surface area (Å²) in [5, 5.41) is 13.8. The molecule has 0 bridgehead atoms. The summed E-state index contributed by atoms with van der Waals surface area (Å²) in [6.45, 7) is 4.58. The molecule has 3 N–H and O–H groups in total. The highest BCUT2D eigenvalue weighted by Crippen LogP contribution is 2.14. The Bertz CT molecular complexity index is 636. The number of hydrogen-bond acceptors (Lipinski definition) is 3. The first-order valence-electron chi connectivity index (χ1n) is 7.05. The van der Waals surface area contributed by atoms with E-state index in [1.165, 1.54) is 0 Å². The molecule has 4 heteroatoms. The lowest BCUT2D eigenvalue weighted by Crippen LogP contribution is -2.45. The molecular formula is C16H22N2O2. The number of hydrogen-bond donors (Lipinski definition) is 3. The van der Waals surface area contributed by atoms with E-state index in [0.29, 0.717) is 12.1 Å². The summed E-state index contributed by atoms with van der Waals surface area (Å²) in [5.41, 5.74) is 1.12. The molecule has 2 aromatic rings. The first-order chi connectivity index (χ1) is 9.58. The molecule has 0 aliphatic carbocycles. The Balaban J connectivity index is 2.21. The van der Waals surface area contributed by atoms with Crippen LogP contribution < -0.4 is 10.9 Å². The molecule has 2 rings (SSSR count). The van der Waals surface area contributed by atoms with E-state index in [1.54, 1.807) is 0 Å². The van der Waals surface area contributed by atoms with Gasteiger partial charge in [-0.05, 0) is 30.9 Å². The Hall–Kier alpha value is -1.65. The van der Waals surface area contributed by atoms with Crippen LogP contribution in [0.4, 0.5) is 0 Å². The molecule has 1 heterocycles.